The van der Waals surface area contributed by atoms with Crippen LogP contribution in [0.15, 0.2) is 54.6 Å². The Morgan fingerprint density at radius 1 is 0.967 bits per heavy atom. The summed E-state index contributed by atoms with van der Waals surface area (Å²) in [6, 6.07) is 17.3. The van der Waals surface area contributed by atoms with Crippen molar-refractivity contribution in [1.82, 2.24) is 4.90 Å². The van der Waals surface area contributed by atoms with Crippen molar-refractivity contribution in [3.8, 4) is 5.75 Å². The van der Waals surface area contributed by atoms with Crippen molar-refractivity contribution >= 4 is 11.9 Å². The van der Waals surface area contributed by atoms with Gasteiger partial charge in [0.1, 0.15) is 12.4 Å². The Balaban J connectivity index is 1.44. The second-order valence-electron chi connectivity index (χ2n) is 8.15. The molecule has 0 radical (unpaired) electrons. The van der Waals surface area contributed by atoms with Crippen LogP contribution in [0.4, 0.5) is 4.79 Å². The van der Waals surface area contributed by atoms with Gasteiger partial charge in [-0.25, -0.2) is 4.79 Å². The third-order valence-corrected chi connectivity index (χ3v) is 6.21. The molecule has 30 heavy (non-hydrogen) atoms. The number of benzene rings is 2. The number of nitrogens with zero attached hydrogens (tertiary/aromatic N) is 1. The Morgan fingerprint density at radius 2 is 1.63 bits per heavy atom. The van der Waals surface area contributed by atoms with Gasteiger partial charge >= 0.3 is 6.09 Å². The highest BCUT2D eigenvalue weighted by molar-refractivity contribution is 6.00. The van der Waals surface area contributed by atoms with Crippen LogP contribution in [-0.2, 0) is 11.3 Å². The normalized spacial score (nSPS) is 23.0. The number of carbonyl (C=O) groups is 2. The Hall–Kier alpha value is -2.82. The fraction of sp³-hybridized carbons (Fsp3) is 0.440. The van der Waals surface area contributed by atoms with Crippen LogP contribution in [0.2, 0.25) is 0 Å². The predicted molar refractivity (Wildman–Crippen MR) is 115 cm³/mol. The van der Waals surface area contributed by atoms with E-state index in [1.807, 2.05) is 66.4 Å². The van der Waals surface area contributed by atoms with E-state index in [0.717, 1.165) is 24.8 Å². The first-order valence-electron chi connectivity index (χ1n) is 10.9. The van der Waals surface area contributed by atoms with Crippen LogP contribution in [0.3, 0.4) is 0 Å². The second-order valence-corrected chi connectivity index (χ2v) is 8.15. The number of Topliss-reactive ketones (excluding diaryl/α,β-unsaturated/α-hetero) is 1. The lowest BCUT2D eigenvalue weighted by Crippen LogP contribution is -2.55. The molecule has 0 saturated carbocycles. The van der Waals surface area contributed by atoms with Crippen molar-refractivity contribution in [2.75, 3.05) is 6.61 Å². The first-order chi connectivity index (χ1) is 14.7. The fourth-order valence-corrected chi connectivity index (χ4v) is 4.86. The third kappa shape index (κ3) is 4.35. The summed E-state index contributed by atoms with van der Waals surface area (Å²) in [6.07, 6.45) is 4.07. The lowest BCUT2D eigenvalue weighted by molar-refractivity contribution is 0.00466. The SMILES string of the molecule is CCOc1ccccc1C(=O)C1CC2CCCC(C1)N2C(=O)OCc1ccccc1. The molecule has 0 aliphatic carbocycles. The van der Waals surface area contributed by atoms with Gasteiger partial charge in [-0.2, -0.15) is 0 Å². The predicted octanol–water partition coefficient (Wildman–Crippen LogP) is 5.24. The summed E-state index contributed by atoms with van der Waals surface area (Å²) in [7, 11) is 0. The number of hydrogen-bond donors (Lipinski definition) is 0. The van der Waals surface area contributed by atoms with Gasteiger partial charge in [0, 0.05) is 18.0 Å². The molecule has 0 N–H and O–H groups in total. The first kappa shape index (κ1) is 20.5. The van der Waals surface area contributed by atoms with E-state index in [4.69, 9.17) is 9.47 Å². The molecular formula is C25H29NO4. The minimum Gasteiger partial charge on any atom is -0.493 e. The van der Waals surface area contributed by atoms with Crippen molar-refractivity contribution in [1.29, 1.82) is 0 Å². The number of rotatable bonds is 6. The van der Waals surface area contributed by atoms with Crippen molar-refractivity contribution < 1.29 is 19.1 Å². The van der Waals surface area contributed by atoms with Crippen molar-refractivity contribution in [3.05, 3.63) is 65.7 Å². The van der Waals surface area contributed by atoms with Crippen LogP contribution < -0.4 is 4.74 Å². The highest BCUT2D eigenvalue weighted by Crippen LogP contribution is 2.39. The van der Waals surface area contributed by atoms with Crippen molar-refractivity contribution in [3.63, 3.8) is 0 Å². The molecular weight excluding hydrogens is 378 g/mol. The molecule has 2 aromatic carbocycles. The maximum atomic E-state index is 13.3. The summed E-state index contributed by atoms with van der Waals surface area (Å²) in [4.78, 5) is 28.1. The summed E-state index contributed by atoms with van der Waals surface area (Å²) in [6.45, 7) is 2.73. The summed E-state index contributed by atoms with van der Waals surface area (Å²) in [5.41, 5.74) is 1.64. The lowest BCUT2D eigenvalue weighted by Gasteiger charge is -2.47. The van der Waals surface area contributed by atoms with Crippen LogP contribution in [0.1, 0.15) is 54.9 Å². The monoisotopic (exact) mass is 407 g/mol. The lowest BCUT2D eigenvalue weighted by atomic mass is 9.75. The highest BCUT2D eigenvalue weighted by atomic mass is 16.6. The van der Waals surface area contributed by atoms with Crippen LogP contribution in [0.5, 0.6) is 5.75 Å². The summed E-state index contributed by atoms with van der Waals surface area (Å²) in [5, 5.41) is 0. The van der Waals surface area contributed by atoms with Crippen LogP contribution >= 0.6 is 0 Å². The van der Waals surface area contributed by atoms with Crippen molar-refractivity contribution in [2.45, 2.75) is 57.7 Å². The minimum absolute atomic E-state index is 0.0639. The summed E-state index contributed by atoms with van der Waals surface area (Å²) < 4.78 is 11.3. The first-order valence-corrected chi connectivity index (χ1v) is 10.9. The molecule has 158 valence electrons. The fourth-order valence-electron chi connectivity index (χ4n) is 4.86. The molecule has 2 heterocycles. The average molecular weight is 408 g/mol. The molecule has 2 atom stereocenters. The van der Waals surface area contributed by atoms with Gasteiger partial charge in [0.05, 0.1) is 12.2 Å². The number of ketones is 1. The number of piperidine rings is 2. The molecule has 2 saturated heterocycles. The van der Waals surface area contributed by atoms with E-state index in [1.165, 1.54) is 0 Å². The number of carbonyl (C=O) groups excluding carboxylic acids is 2. The second kappa shape index (κ2) is 9.33. The molecule has 0 spiro atoms. The smallest absolute Gasteiger partial charge is 0.410 e. The van der Waals surface area contributed by atoms with Crippen LogP contribution in [-0.4, -0.2) is 35.5 Å². The van der Waals surface area contributed by atoms with Gasteiger partial charge < -0.3 is 14.4 Å². The molecule has 0 aromatic heterocycles. The molecule has 2 aliphatic rings. The number of amides is 1. The maximum absolute atomic E-state index is 13.3. The molecule has 2 fully saturated rings. The number of fused-ring (bicyclic) bond motifs is 2. The molecule has 2 aromatic rings. The third-order valence-electron chi connectivity index (χ3n) is 6.21. The number of ether oxygens (including phenoxy) is 2. The van der Waals surface area contributed by atoms with E-state index in [-0.39, 0.29) is 36.5 Å². The highest BCUT2D eigenvalue weighted by Gasteiger charge is 2.44. The summed E-state index contributed by atoms with van der Waals surface area (Å²) in [5.74, 6) is 0.702. The zero-order valence-electron chi connectivity index (χ0n) is 17.5. The van der Waals surface area contributed by atoms with E-state index in [0.29, 0.717) is 30.8 Å². The van der Waals surface area contributed by atoms with E-state index in [2.05, 4.69) is 0 Å². The van der Waals surface area contributed by atoms with Gasteiger partial charge in [0.2, 0.25) is 0 Å². The molecule has 5 heteroatoms. The molecule has 4 rings (SSSR count). The van der Waals surface area contributed by atoms with Gasteiger partial charge in [-0.05, 0) is 56.7 Å². The number of hydrogen-bond acceptors (Lipinski definition) is 4. The molecule has 5 nitrogen and oxygen atoms in total. The number of para-hydroxylation sites is 1. The van der Waals surface area contributed by atoms with Crippen LogP contribution in [0.25, 0.3) is 0 Å². The quantitative estimate of drug-likeness (QED) is 0.615. The largest absolute Gasteiger partial charge is 0.493 e. The van der Waals surface area contributed by atoms with Gasteiger partial charge in [-0.3, -0.25) is 4.79 Å². The van der Waals surface area contributed by atoms with Gasteiger partial charge in [-0.15, -0.1) is 0 Å². The van der Waals surface area contributed by atoms with E-state index >= 15 is 0 Å². The maximum Gasteiger partial charge on any atom is 0.410 e. The summed E-state index contributed by atoms with van der Waals surface area (Å²) >= 11 is 0. The Kier molecular flexibility index (Phi) is 6.36. The zero-order valence-corrected chi connectivity index (χ0v) is 17.5. The molecule has 2 unspecified atom stereocenters. The Bertz CT molecular complexity index is 868. The van der Waals surface area contributed by atoms with Crippen molar-refractivity contribution in [2.24, 2.45) is 5.92 Å². The van der Waals surface area contributed by atoms with Gasteiger partial charge in [0.25, 0.3) is 0 Å². The average Bonchev–Trinajstić information content (AvgIpc) is 2.77. The molecule has 1 amide bonds. The molecule has 2 bridgehead atoms. The standard InChI is InChI=1S/C25H29NO4/c1-2-29-23-14-7-6-13-22(23)24(27)19-15-20-11-8-12-21(16-19)26(20)25(28)30-17-18-9-4-3-5-10-18/h3-7,9-10,13-14,19-21H,2,8,11-12,15-17H2,1H3. The van der Waals surface area contributed by atoms with Crippen LogP contribution in [0, 0.1) is 5.92 Å². The zero-order chi connectivity index (χ0) is 20.9. The molecule has 2 aliphatic heterocycles. The van der Waals surface area contributed by atoms with Gasteiger partial charge in [-0.1, -0.05) is 42.5 Å². The van der Waals surface area contributed by atoms with Gasteiger partial charge in [0.15, 0.2) is 5.78 Å². The van der Waals surface area contributed by atoms with E-state index < -0.39 is 0 Å². The Morgan fingerprint density at radius 3 is 2.33 bits per heavy atom. The van der Waals surface area contributed by atoms with E-state index in [9.17, 15) is 9.59 Å². The van der Waals surface area contributed by atoms with E-state index in [1.54, 1.807) is 0 Å². The topological polar surface area (TPSA) is 55.8 Å². The Labute approximate surface area is 178 Å². The minimum atomic E-state index is -0.255.